The summed E-state index contributed by atoms with van der Waals surface area (Å²) in [6.07, 6.45) is 3.38. The zero-order valence-corrected chi connectivity index (χ0v) is 11.6. The van der Waals surface area contributed by atoms with Crippen molar-refractivity contribution in [2.45, 2.75) is 16.3 Å². The number of benzene rings is 1. The predicted molar refractivity (Wildman–Crippen MR) is 75.8 cm³/mol. The average molecular weight is 287 g/mol. The second-order valence-corrected chi connectivity index (χ2v) is 5.34. The van der Waals surface area contributed by atoms with Gasteiger partial charge in [0.05, 0.1) is 13.2 Å². The second kappa shape index (κ2) is 5.96. The van der Waals surface area contributed by atoms with Crippen LogP contribution in [0.4, 0.5) is 0 Å². The van der Waals surface area contributed by atoms with Gasteiger partial charge in [0, 0.05) is 23.1 Å². The van der Waals surface area contributed by atoms with Gasteiger partial charge >= 0.3 is 0 Å². The number of carbonyl (C=O) groups is 1. The molecule has 1 aromatic carbocycles. The molecule has 1 aliphatic rings. The summed E-state index contributed by atoms with van der Waals surface area (Å²) in [5.41, 5.74) is 0.588. The fourth-order valence-electron chi connectivity index (χ4n) is 1.90. The van der Waals surface area contributed by atoms with Gasteiger partial charge in [-0.15, -0.1) is 0 Å². The summed E-state index contributed by atoms with van der Waals surface area (Å²) in [5.74, 6) is 1.51. The second-order valence-electron chi connectivity index (χ2n) is 4.28. The summed E-state index contributed by atoms with van der Waals surface area (Å²) in [7, 11) is 0. The van der Waals surface area contributed by atoms with E-state index in [2.05, 4.69) is 4.98 Å². The van der Waals surface area contributed by atoms with Gasteiger partial charge in [-0.1, -0.05) is 11.8 Å². The summed E-state index contributed by atoms with van der Waals surface area (Å²) in [5, 5.41) is 0.692. The van der Waals surface area contributed by atoms with Gasteiger partial charge in [-0.2, -0.15) is 0 Å². The Hall–Kier alpha value is -2.01. The van der Waals surface area contributed by atoms with Crippen LogP contribution in [0.3, 0.4) is 0 Å². The van der Waals surface area contributed by atoms with Gasteiger partial charge in [0.15, 0.2) is 17.8 Å². The molecule has 20 heavy (non-hydrogen) atoms. The van der Waals surface area contributed by atoms with Crippen LogP contribution >= 0.6 is 11.8 Å². The third-order valence-electron chi connectivity index (χ3n) is 2.86. The Morgan fingerprint density at radius 2 is 2.00 bits per heavy atom. The van der Waals surface area contributed by atoms with Crippen molar-refractivity contribution >= 4 is 18.0 Å². The van der Waals surface area contributed by atoms with Gasteiger partial charge in [0.2, 0.25) is 0 Å². The minimum Gasteiger partial charge on any atom is -0.490 e. The summed E-state index contributed by atoms with van der Waals surface area (Å²) in [6, 6.07) is 9.27. The highest BCUT2D eigenvalue weighted by Crippen LogP contribution is 2.36. The van der Waals surface area contributed by atoms with E-state index in [4.69, 9.17) is 9.47 Å². The summed E-state index contributed by atoms with van der Waals surface area (Å²) in [6.45, 7) is 1.33. The predicted octanol–water partition coefficient (Wildman–Crippen LogP) is 3.21. The lowest BCUT2D eigenvalue weighted by atomic mass is 10.3. The van der Waals surface area contributed by atoms with Crippen molar-refractivity contribution in [1.29, 1.82) is 0 Å². The van der Waals surface area contributed by atoms with Crippen LogP contribution in [0.25, 0.3) is 0 Å². The van der Waals surface area contributed by atoms with Gasteiger partial charge in [0.25, 0.3) is 0 Å². The molecule has 0 radical (unpaired) electrons. The zero-order chi connectivity index (χ0) is 13.8. The molecule has 0 bridgehead atoms. The van der Waals surface area contributed by atoms with Gasteiger partial charge in [-0.3, -0.25) is 4.79 Å². The van der Waals surface area contributed by atoms with Gasteiger partial charge in [-0.25, -0.2) is 4.98 Å². The maximum absolute atomic E-state index is 11.0. The molecular weight excluding hydrogens is 274 g/mol. The Balaban J connectivity index is 1.88. The maximum Gasteiger partial charge on any atom is 0.162 e. The first-order valence-corrected chi connectivity index (χ1v) is 7.16. The van der Waals surface area contributed by atoms with Crippen LogP contribution in [-0.4, -0.2) is 24.5 Å². The van der Waals surface area contributed by atoms with Crippen LogP contribution in [0.2, 0.25) is 0 Å². The fourth-order valence-corrected chi connectivity index (χ4v) is 2.77. The van der Waals surface area contributed by atoms with E-state index in [9.17, 15) is 4.79 Å². The number of pyridine rings is 1. The summed E-state index contributed by atoms with van der Waals surface area (Å²) >= 11 is 1.44. The minimum absolute atomic E-state index is 0.588. The van der Waals surface area contributed by atoms with Crippen molar-refractivity contribution in [2.24, 2.45) is 0 Å². The average Bonchev–Trinajstić information content (AvgIpc) is 2.72. The lowest BCUT2D eigenvalue weighted by molar-refractivity contribution is 0.112. The van der Waals surface area contributed by atoms with Gasteiger partial charge in [-0.05, 0) is 30.3 Å². The summed E-state index contributed by atoms with van der Waals surface area (Å²) < 4.78 is 11.2. The number of aldehydes is 1. The van der Waals surface area contributed by atoms with E-state index >= 15 is 0 Å². The van der Waals surface area contributed by atoms with E-state index in [1.807, 2.05) is 18.2 Å². The molecule has 0 amide bonds. The molecule has 0 spiro atoms. The first kappa shape index (κ1) is 13.0. The van der Waals surface area contributed by atoms with E-state index < -0.39 is 0 Å². The Bertz CT molecular complexity index is 630. The first-order valence-electron chi connectivity index (χ1n) is 6.34. The molecule has 2 heterocycles. The van der Waals surface area contributed by atoms with E-state index in [1.165, 1.54) is 11.8 Å². The number of rotatable bonds is 3. The largest absolute Gasteiger partial charge is 0.490 e. The fraction of sp³-hybridized carbons (Fsp3) is 0.200. The molecule has 1 aromatic heterocycles. The molecule has 0 N–H and O–H groups in total. The number of hydrogen-bond acceptors (Lipinski definition) is 5. The van der Waals surface area contributed by atoms with Crippen LogP contribution < -0.4 is 9.47 Å². The van der Waals surface area contributed by atoms with Gasteiger partial charge in [0.1, 0.15) is 5.03 Å². The standard InChI is InChI=1S/C15H13NO3S/c17-10-11-3-1-6-16-15(11)20-12-4-5-13-14(9-12)19-8-2-7-18-13/h1,3-6,9-10H,2,7-8H2. The van der Waals surface area contributed by atoms with Crippen molar-refractivity contribution in [3.8, 4) is 11.5 Å². The Morgan fingerprint density at radius 1 is 1.15 bits per heavy atom. The van der Waals surface area contributed by atoms with E-state index in [1.54, 1.807) is 18.3 Å². The number of fused-ring (bicyclic) bond motifs is 1. The molecule has 2 aromatic rings. The molecule has 0 saturated carbocycles. The van der Waals surface area contributed by atoms with Crippen molar-refractivity contribution in [3.05, 3.63) is 42.1 Å². The van der Waals surface area contributed by atoms with E-state index in [-0.39, 0.29) is 0 Å². The molecule has 3 rings (SSSR count). The molecule has 4 nitrogen and oxygen atoms in total. The first-order chi connectivity index (χ1) is 9.86. The number of aromatic nitrogens is 1. The molecule has 0 saturated heterocycles. The molecular formula is C15H13NO3S. The monoisotopic (exact) mass is 287 g/mol. The van der Waals surface area contributed by atoms with Crippen molar-refractivity contribution in [1.82, 2.24) is 4.98 Å². The van der Waals surface area contributed by atoms with Gasteiger partial charge < -0.3 is 9.47 Å². The zero-order valence-electron chi connectivity index (χ0n) is 10.7. The topological polar surface area (TPSA) is 48.4 Å². The number of hydrogen-bond donors (Lipinski definition) is 0. The minimum atomic E-state index is 0.588. The molecule has 0 unspecified atom stereocenters. The molecule has 0 atom stereocenters. The van der Waals surface area contributed by atoms with Crippen LogP contribution in [0.1, 0.15) is 16.8 Å². The third-order valence-corrected chi connectivity index (χ3v) is 3.89. The highest BCUT2D eigenvalue weighted by atomic mass is 32.2. The van der Waals surface area contributed by atoms with Crippen LogP contribution in [-0.2, 0) is 0 Å². The van der Waals surface area contributed by atoms with E-state index in [0.29, 0.717) is 23.8 Å². The van der Waals surface area contributed by atoms with Crippen molar-refractivity contribution < 1.29 is 14.3 Å². The van der Waals surface area contributed by atoms with Crippen molar-refractivity contribution in [2.75, 3.05) is 13.2 Å². The van der Waals surface area contributed by atoms with E-state index in [0.717, 1.165) is 29.1 Å². The van der Waals surface area contributed by atoms with Crippen LogP contribution in [0.15, 0.2) is 46.5 Å². The Labute approximate surface area is 121 Å². The van der Waals surface area contributed by atoms with Crippen molar-refractivity contribution in [3.63, 3.8) is 0 Å². The number of ether oxygens (including phenoxy) is 2. The quantitative estimate of drug-likeness (QED) is 0.811. The Kier molecular flexibility index (Phi) is 3.87. The molecule has 102 valence electrons. The molecule has 0 aliphatic carbocycles. The highest BCUT2D eigenvalue weighted by Gasteiger charge is 2.12. The lowest BCUT2D eigenvalue weighted by Gasteiger charge is -2.09. The lowest BCUT2D eigenvalue weighted by Crippen LogP contribution is -1.97. The molecule has 5 heteroatoms. The smallest absolute Gasteiger partial charge is 0.162 e. The normalized spacial score (nSPS) is 13.6. The highest BCUT2D eigenvalue weighted by molar-refractivity contribution is 7.99. The third kappa shape index (κ3) is 2.77. The SMILES string of the molecule is O=Cc1cccnc1Sc1ccc2c(c1)OCCCO2. The molecule has 1 aliphatic heterocycles. The summed E-state index contributed by atoms with van der Waals surface area (Å²) in [4.78, 5) is 16.2. The Morgan fingerprint density at radius 3 is 2.85 bits per heavy atom. The maximum atomic E-state index is 11.0. The van der Waals surface area contributed by atoms with Crippen LogP contribution in [0, 0.1) is 0 Å². The number of carbonyl (C=O) groups excluding carboxylic acids is 1. The number of nitrogens with zero attached hydrogens (tertiary/aromatic N) is 1. The molecule has 0 fully saturated rings. The van der Waals surface area contributed by atoms with Crippen LogP contribution in [0.5, 0.6) is 11.5 Å².